The summed E-state index contributed by atoms with van der Waals surface area (Å²) in [6.45, 7) is 4.26. The molecule has 5 rings (SSSR count). The minimum Gasteiger partial charge on any atom is -0.390 e. The highest BCUT2D eigenvalue weighted by Gasteiger charge is 2.79. The van der Waals surface area contributed by atoms with Crippen LogP contribution in [-0.2, 0) is 9.53 Å². The first-order valence-corrected chi connectivity index (χ1v) is 9.21. The largest absolute Gasteiger partial charge is 0.390 e. The molecule has 122 valence electrons. The van der Waals surface area contributed by atoms with Crippen LogP contribution in [0.4, 0.5) is 5.69 Å². The Morgan fingerprint density at radius 2 is 2.00 bits per heavy atom. The van der Waals surface area contributed by atoms with Crippen LogP contribution in [0.1, 0.15) is 20.3 Å². The minimum atomic E-state index is -0.600. The molecule has 2 heterocycles. The third-order valence-corrected chi connectivity index (χ3v) is 7.15. The number of benzene rings is 1. The minimum absolute atomic E-state index is 0.0728. The van der Waals surface area contributed by atoms with Crippen molar-refractivity contribution in [3.63, 3.8) is 0 Å². The standard InChI is InChI=1S/C18H20BrNO3/c1-8(2)18-14-12-7-11(15(21)16(12)23-18)13(14)17(22)20(18)10-5-3-9(19)4-6-10/h3-6,8,11-16,21H,7H2,1-2H3/t11-,12-,13+,14+,15+,16-,18-/m0/s1. The van der Waals surface area contributed by atoms with E-state index in [1.807, 2.05) is 29.2 Å². The maximum atomic E-state index is 13.3. The normalized spacial score (nSPS) is 46.5. The van der Waals surface area contributed by atoms with Crippen LogP contribution in [0.15, 0.2) is 28.7 Å². The number of fused-ring (bicyclic) bond motifs is 2. The van der Waals surface area contributed by atoms with Crippen molar-refractivity contribution >= 4 is 27.5 Å². The van der Waals surface area contributed by atoms with Gasteiger partial charge in [-0.1, -0.05) is 29.8 Å². The van der Waals surface area contributed by atoms with Crippen molar-refractivity contribution in [3.8, 4) is 0 Å². The third kappa shape index (κ3) is 1.48. The average molecular weight is 378 g/mol. The predicted molar refractivity (Wildman–Crippen MR) is 88.7 cm³/mol. The molecular formula is C18H20BrNO3. The van der Waals surface area contributed by atoms with Crippen LogP contribution in [0.5, 0.6) is 0 Å². The van der Waals surface area contributed by atoms with Crippen molar-refractivity contribution < 1.29 is 14.6 Å². The van der Waals surface area contributed by atoms with E-state index in [0.29, 0.717) is 5.92 Å². The smallest absolute Gasteiger partial charge is 0.233 e. The number of aliphatic hydroxyl groups excluding tert-OH is 1. The molecule has 1 N–H and O–H groups in total. The molecule has 7 atom stereocenters. The summed E-state index contributed by atoms with van der Waals surface area (Å²) < 4.78 is 7.50. The molecule has 1 amide bonds. The Morgan fingerprint density at radius 1 is 1.30 bits per heavy atom. The molecule has 1 aromatic carbocycles. The molecule has 2 saturated heterocycles. The van der Waals surface area contributed by atoms with Crippen LogP contribution in [0, 0.1) is 29.6 Å². The summed E-state index contributed by atoms with van der Waals surface area (Å²) in [4.78, 5) is 15.2. The van der Waals surface area contributed by atoms with Crippen LogP contribution >= 0.6 is 15.9 Å². The van der Waals surface area contributed by atoms with Gasteiger partial charge in [0.15, 0.2) is 5.72 Å². The first kappa shape index (κ1) is 14.4. The van der Waals surface area contributed by atoms with Crippen molar-refractivity contribution in [3.05, 3.63) is 28.7 Å². The molecule has 5 heteroatoms. The molecule has 0 spiro atoms. The Labute approximate surface area is 143 Å². The van der Waals surface area contributed by atoms with Gasteiger partial charge in [0.25, 0.3) is 0 Å². The van der Waals surface area contributed by atoms with E-state index in [1.165, 1.54) is 0 Å². The van der Waals surface area contributed by atoms with E-state index in [9.17, 15) is 9.90 Å². The van der Waals surface area contributed by atoms with Gasteiger partial charge in [-0.3, -0.25) is 9.69 Å². The summed E-state index contributed by atoms with van der Waals surface area (Å²) in [5.41, 5.74) is 0.299. The Balaban J connectivity index is 1.69. The molecule has 0 unspecified atom stereocenters. The molecule has 4 nitrogen and oxygen atoms in total. The summed E-state index contributed by atoms with van der Waals surface area (Å²) in [7, 11) is 0. The second-order valence-electron chi connectivity index (χ2n) is 7.74. The molecule has 2 aliphatic carbocycles. The van der Waals surface area contributed by atoms with Gasteiger partial charge in [-0.25, -0.2) is 0 Å². The lowest BCUT2D eigenvalue weighted by Crippen LogP contribution is -2.54. The highest BCUT2D eigenvalue weighted by Crippen LogP contribution is 2.69. The zero-order chi connectivity index (χ0) is 16.1. The molecule has 4 fully saturated rings. The van der Waals surface area contributed by atoms with Crippen molar-refractivity contribution in [1.29, 1.82) is 0 Å². The molecule has 0 aromatic heterocycles. The molecule has 23 heavy (non-hydrogen) atoms. The number of amides is 1. The van der Waals surface area contributed by atoms with E-state index in [0.717, 1.165) is 16.6 Å². The SMILES string of the molecule is CC(C)[C@]12O[C@@H]3[C@H](O)[C@H]4C[C@H]3[C@@H]1[C@@H]4C(=O)N2c1ccc(Br)cc1. The fraction of sp³-hybridized carbons (Fsp3) is 0.611. The number of ether oxygens (including phenoxy) is 1. The van der Waals surface area contributed by atoms with Gasteiger partial charge in [0.05, 0.1) is 18.1 Å². The fourth-order valence-electron chi connectivity index (χ4n) is 5.90. The van der Waals surface area contributed by atoms with Gasteiger partial charge < -0.3 is 9.84 Å². The number of carbonyl (C=O) groups excluding carboxylic acids is 1. The average Bonchev–Trinajstić information content (AvgIpc) is 3.17. The summed E-state index contributed by atoms with van der Waals surface area (Å²) >= 11 is 3.46. The van der Waals surface area contributed by atoms with Crippen LogP contribution in [0.2, 0.25) is 0 Å². The van der Waals surface area contributed by atoms with Crippen LogP contribution < -0.4 is 4.90 Å². The predicted octanol–water partition coefficient (Wildman–Crippen LogP) is 2.79. The van der Waals surface area contributed by atoms with Crippen molar-refractivity contribution in [2.45, 2.75) is 38.2 Å². The Bertz CT molecular complexity index is 690. The third-order valence-electron chi connectivity index (χ3n) is 6.62. The second-order valence-corrected chi connectivity index (χ2v) is 8.66. The number of hydrogen-bond acceptors (Lipinski definition) is 3. The van der Waals surface area contributed by atoms with Crippen LogP contribution in [-0.4, -0.2) is 28.9 Å². The quantitative estimate of drug-likeness (QED) is 0.861. The molecule has 2 aliphatic heterocycles. The number of rotatable bonds is 2. The number of halogens is 1. The van der Waals surface area contributed by atoms with E-state index in [2.05, 4.69) is 29.8 Å². The maximum absolute atomic E-state index is 13.3. The molecule has 0 radical (unpaired) electrons. The topological polar surface area (TPSA) is 49.8 Å². The zero-order valence-corrected chi connectivity index (χ0v) is 14.7. The van der Waals surface area contributed by atoms with Crippen molar-refractivity contribution in [2.24, 2.45) is 29.6 Å². The lowest BCUT2D eigenvalue weighted by Gasteiger charge is -2.42. The molecule has 2 saturated carbocycles. The summed E-state index contributed by atoms with van der Waals surface area (Å²) in [5, 5.41) is 10.5. The highest BCUT2D eigenvalue weighted by atomic mass is 79.9. The first-order chi connectivity index (χ1) is 11.0. The maximum Gasteiger partial charge on any atom is 0.233 e. The van der Waals surface area contributed by atoms with E-state index in [-0.39, 0.29) is 35.7 Å². The van der Waals surface area contributed by atoms with Gasteiger partial charge in [0.1, 0.15) is 0 Å². The van der Waals surface area contributed by atoms with Gasteiger partial charge >= 0.3 is 0 Å². The molecule has 4 aliphatic rings. The number of anilines is 1. The van der Waals surface area contributed by atoms with Gasteiger partial charge in [0, 0.05) is 22.0 Å². The monoisotopic (exact) mass is 377 g/mol. The lowest BCUT2D eigenvalue weighted by atomic mass is 9.74. The number of aliphatic hydroxyl groups is 1. The van der Waals surface area contributed by atoms with Gasteiger partial charge in [0.2, 0.25) is 5.91 Å². The van der Waals surface area contributed by atoms with E-state index in [4.69, 9.17) is 4.74 Å². The van der Waals surface area contributed by atoms with E-state index < -0.39 is 11.8 Å². The van der Waals surface area contributed by atoms with Gasteiger partial charge in [-0.15, -0.1) is 0 Å². The number of hydrogen-bond donors (Lipinski definition) is 1. The zero-order valence-electron chi connectivity index (χ0n) is 13.1. The summed E-state index contributed by atoms with van der Waals surface area (Å²) in [6, 6.07) is 7.89. The first-order valence-electron chi connectivity index (χ1n) is 8.42. The Morgan fingerprint density at radius 3 is 2.65 bits per heavy atom. The van der Waals surface area contributed by atoms with E-state index in [1.54, 1.807) is 0 Å². The summed E-state index contributed by atoms with van der Waals surface area (Å²) in [6.07, 6.45) is 0.364. The second kappa shape index (κ2) is 4.38. The summed E-state index contributed by atoms with van der Waals surface area (Å²) in [5.74, 6) is 0.851. The molecule has 1 aromatic rings. The van der Waals surface area contributed by atoms with Crippen molar-refractivity contribution in [2.75, 3.05) is 4.90 Å². The highest BCUT2D eigenvalue weighted by molar-refractivity contribution is 9.10. The molecule has 2 bridgehead atoms. The Hall–Kier alpha value is -0.910. The van der Waals surface area contributed by atoms with Crippen molar-refractivity contribution in [1.82, 2.24) is 0 Å². The number of carbonyl (C=O) groups is 1. The van der Waals surface area contributed by atoms with Crippen LogP contribution in [0.25, 0.3) is 0 Å². The Kier molecular flexibility index (Phi) is 2.75. The number of nitrogens with zero attached hydrogens (tertiary/aromatic N) is 1. The van der Waals surface area contributed by atoms with E-state index >= 15 is 0 Å². The van der Waals surface area contributed by atoms with Gasteiger partial charge in [-0.05, 0) is 42.5 Å². The fourth-order valence-corrected chi connectivity index (χ4v) is 6.17. The van der Waals surface area contributed by atoms with Gasteiger partial charge in [-0.2, -0.15) is 0 Å². The lowest BCUT2D eigenvalue weighted by molar-refractivity contribution is -0.136. The van der Waals surface area contributed by atoms with Crippen LogP contribution in [0.3, 0.4) is 0 Å². The molecular weight excluding hydrogens is 358 g/mol.